The van der Waals surface area contributed by atoms with Gasteiger partial charge in [-0.15, -0.1) is 0 Å². The summed E-state index contributed by atoms with van der Waals surface area (Å²) in [5.41, 5.74) is 0. The molecule has 2 heterocycles. The molecule has 1 aromatic heterocycles. The van der Waals surface area contributed by atoms with Gasteiger partial charge in [-0.3, -0.25) is 0 Å². The molecule has 3 nitrogen and oxygen atoms in total. The molecular formula is C13H21NO2. The van der Waals surface area contributed by atoms with Gasteiger partial charge in [-0.2, -0.15) is 0 Å². The lowest BCUT2D eigenvalue weighted by Crippen LogP contribution is -2.39. The van der Waals surface area contributed by atoms with E-state index in [1.54, 1.807) is 6.26 Å². The van der Waals surface area contributed by atoms with Crippen molar-refractivity contribution in [2.75, 3.05) is 6.61 Å². The van der Waals surface area contributed by atoms with Crippen LogP contribution in [-0.2, 0) is 4.74 Å². The second-order valence-corrected chi connectivity index (χ2v) is 4.53. The number of hydrogen-bond donors (Lipinski definition) is 1. The van der Waals surface area contributed by atoms with E-state index in [0.717, 1.165) is 31.6 Å². The van der Waals surface area contributed by atoms with Crippen LogP contribution in [0, 0.1) is 0 Å². The van der Waals surface area contributed by atoms with Crippen molar-refractivity contribution in [3.63, 3.8) is 0 Å². The van der Waals surface area contributed by atoms with Crippen LogP contribution < -0.4 is 5.32 Å². The zero-order valence-corrected chi connectivity index (χ0v) is 10.1. The van der Waals surface area contributed by atoms with E-state index in [2.05, 4.69) is 19.2 Å². The van der Waals surface area contributed by atoms with Crippen molar-refractivity contribution >= 4 is 0 Å². The van der Waals surface area contributed by atoms with Gasteiger partial charge in [0, 0.05) is 12.6 Å². The zero-order chi connectivity index (χ0) is 11.4. The molecule has 2 rings (SSSR count). The molecule has 1 saturated heterocycles. The highest BCUT2D eigenvalue weighted by molar-refractivity contribution is 5.03. The fourth-order valence-corrected chi connectivity index (χ4v) is 2.29. The third kappa shape index (κ3) is 2.86. The van der Waals surface area contributed by atoms with Gasteiger partial charge in [0.25, 0.3) is 0 Å². The summed E-state index contributed by atoms with van der Waals surface area (Å²) in [7, 11) is 0. The normalized spacial score (nSPS) is 27.9. The van der Waals surface area contributed by atoms with Crippen LogP contribution in [0.4, 0.5) is 0 Å². The van der Waals surface area contributed by atoms with Gasteiger partial charge < -0.3 is 14.5 Å². The largest absolute Gasteiger partial charge is 0.468 e. The Labute approximate surface area is 97.2 Å². The molecule has 0 amide bonds. The molecule has 1 fully saturated rings. The van der Waals surface area contributed by atoms with Crippen LogP contribution in [-0.4, -0.2) is 18.8 Å². The van der Waals surface area contributed by atoms with E-state index in [-0.39, 0.29) is 6.04 Å². The van der Waals surface area contributed by atoms with E-state index in [4.69, 9.17) is 9.15 Å². The first-order valence-electron chi connectivity index (χ1n) is 6.20. The van der Waals surface area contributed by atoms with Crippen LogP contribution in [0.3, 0.4) is 0 Å². The Morgan fingerprint density at radius 2 is 2.44 bits per heavy atom. The van der Waals surface area contributed by atoms with Gasteiger partial charge >= 0.3 is 0 Å². The Morgan fingerprint density at radius 1 is 1.56 bits per heavy atom. The average molecular weight is 223 g/mol. The lowest BCUT2D eigenvalue weighted by atomic mass is 10.0. The topological polar surface area (TPSA) is 34.4 Å². The van der Waals surface area contributed by atoms with E-state index in [1.807, 2.05) is 12.1 Å². The molecule has 90 valence electrons. The lowest BCUT2D eigenvalue weighted by molar-refractivity contribution is -0.00204. The summed E-state index contributed by atoms with van der Waals surface area (Å²) in [6, 6.07) is 4.80. The lowest BCUT2D eigenvalue weighted by Gasteiger charge is -2.31. The summed E-state index contributed by atoms with van der Waals surface area (Å²) in [6.07, 6.45) is 5.47. The minimum Gasteiger partial charge on any atom is -0.468 e. The summed E-state index contributed by atoms with van der Waals surface area (Å²) >= 11 is 0. The molecule has 3 heteroatoms. The van der Waals surface area contributed by atoms with Crippen molar-refractivity contribution < 1.29 is 9.15 Å². The van der Waals surface area contributed by atoms with Gasteiger partial charge in [-0.05, 0) is 38.3 Å². The van der Waals surface area contributed by atoms with Crippen molar-refractivity contribution in [1.82, 2.24) is 5.32 Å². The maximum absolute atomic E-state index is 5.67. The Hall–Kier alpha value is -0.800. The molecule has 3 atom stereocenters. The van der Waals surface area contributed by atoms with Gasteiger partial charge in [-0.1, -0.05) is 6.92 Å². The molecule has 0 radical (unpaired) electrons. The van der Waals surface area contributed by atoms with Crippen LogP contribution in [0.2, 0.25) is 0 Å². The predicted octanol–water partition coefficient (Wildman–Crippen LogP) is 2.89. The maximum atomic E-state index is 5.67. The van der Waals surface area contributed by atoms with E-state index < -0.39 is 0 Å². The Bertz CT molecular complexity index is 297. The summed E-state index contributed by atoms with van der Waals surface area (Å²) in [6.45, 7) is 5.21. The average Bonchev–Trinajstić information content (AvgIpc) is 2.83. The Morgan fingerprint density at radius 3 is 3.12 bits per heavy atom. The smallest absolute Gasteiger partial charge is 0.120 e. The summed E-state index contributed by atoms with van der Waals surface area (Å²) in [4.78, 5) is 0. The molecule has 0 spiro atoms. The second kappa shape index (κ2) is 5.51. The molecular weight excluding hydrogens is 202 g/mol. The highest BCUT2D eigenvalue weighted by Gasteiger charge is 2.23. The third-order valence-electron chi connectivity index (χ3n) is 3.28. The van der Waals surface area contributed by atoms with Crippen LogP contribution in [0.1, 0.15) is 44.9 Å². The molecule has 1 aliphatic heterocycles. The maximum Gasteiger partial charge on any atom is 0.120 e. The summed E-state index contributed by atoms with van der Waals surface area (Å²) in [5, 5.41) is 3.61. The molecule has 0 aliphatic carbocycles. The number of nitrogens with one attached hydrogen (secondary N) is 1. The Kier molecular flexibility index (Phi) is 4.02. The SMILES string of the molecule is CCC1CC(N[C@@H](C)c2ccco2)CCO1. The monoisotopic (exact) mass is 223 g/mol. The molecule has 2 unspecified atom stereocenters. The van der Waals surface area contributed by atoms with E-state index in [1.165, 1.54) is 0 Å². The Balaban J connectivity index is 1.84. The first kappa shape index (κ1) is 11.7. The third-order valence-corrected chi connectivity index (χ3v) is 3.28. The summed E-state index contributed by atoms with van der Waals surface area (Å²) in [5.74, 6) is 1.01. The fourth-order valence-electron chi connectivity index (χ4n) is 2.29. The minimum atomic E-state index is 0.288. The summed E-state index contributed by atoms with van der Waals surface area (Å²) < 4.78 is 11.1. The van der Waals surface area contributed by atoms with Crippen molar-refractivity contribution in [2.24, 2.45) is 0 Å². The first-order valence-corrected chi connectivity index (χ1v) is 6.20. The first-order chi connectivity index (χ1) is 7.79. The van der Waals surface area contributed by atoms with Crippen LogP contribution in [0.25, 0.3) is 0 Å². The number of furan rings is 1. The van der Waals surface area contributed by atoms with Gasteiger partial charge in [0.1, 0.15) is 5.76 Å². The molecule has 1 aliphatic rings. The molecule has 1 N–H and O–H groups in total. The fraction of sp³-hybridized carbons (Fsp3) is 0.692. The molecule has 1 aromatic rings. The van der Waals surface area contributed by atoms with E-state index in [9.17, 15) is 0 Å². The molecule has 0 saturated carbocycles. The highest BCUT2D eigenvalue weighted by atomic mass is 16.5. The van der Waals surface area contributed by atoms with Gasteiger partial charge in [0.05, 0.1) is 18.4 Å². The number of rotatable bonds is 4. The minimum absolute atomic E-state index is 0.288. The van der Waals surface area contributed by atoms with Crippen molar-refractivity contribution in [1.29, 1.82) is 0 Å². The molecule has 0 aromatic carbocycles. The van der Waals surface area contributed by atoms with Crippen LogP contribution in [0.5, 0.6) is 0 Å². The highest BCUT2D eigenvalue weighted by Crippen LogP contribution is 2.20. The molecule has 16 heavy (non-hydrogen) atoms. The van der Waals surface area contributed by atoms with Gasteiger partial charge in [0.15, 0.2) is 0 Å². The van der Waals surface area contributed by atoms with Crippen LogP contribution in [0.15, 0.2) is 22.8 Å². The van der Waals surface area contributed by atoms with Crippen molar-refractivity contribution in [3.8, 4) is 0 Å². The van der Waals surface area contributed by atoms with Crippen molar-refractivity contribution in [2.45, 2.75) is 51.3 Å². The standard InChI is InChI=1S/C13H21NO2/c1-3-12-9-11(6-8-15-12)14-10(2)13-5-4-7-16-13/h4-5,7,10-12,14H,3,6,8-9H2,1-2H3/t10-,11?,12?/m0/s1. The number of ether oxygens (including phenoxy) is 1. The van der Waals surface area contributed by atoms with Gasteiger partial charge in [0.2, 0.25) is 0 Å². The van der Waals surface area contributed by atoms with Crippen LogP contribution >= 0.6 is 0 Å². The quantitative estimate of drug-likeness (QED) is 0.852. The van der Waals surface area contributed by atoms with E-state index >= 15 is 0 Å². The van der Waals surface area contributed by atoms with Gasteiger partial charge in [-0.25, -0.2) is 0 Å². The molecule has 0 bridgehead atoms. The second-order valence-electron chi connectivity index (χ2n) is 4.53. The van der Waals surface area contributed by atoms with E-state index in [0.29, 0.717) is 12.1 Å². The predicted molar refractivity (Wildman–Crippen MR) is 63.3 cm³/mol. The van der Waals surface area contributed by atoms with Crippen molar-refractivity contribution in [3.05, 3.63) is 24.2 Å². The zero-order valence-electron chi connectivity index (χ0n) is 10.1. The number of hydrogen-bond acceptors (Lipinski definition) is 3.